The van der Waals surface area contributed by atoms with Crippen molar-refractivity contribution in [2.75, 3.05) is 6.54 Å². The summed E-state index contributed by atoms with van der Waals surface area (Å²) in [6.45, 7) is 10.1. The number of rotatable bonds is 1. The van der Waals surface area contributed by atoms with Gasteiger partial charge in [-0.1, -0.05) is 18.2 Å². The van der Waals surface area contributed by atoms with Gasteiger partial charge in [-0.25, -0.2) is 18.6 Å². The average Bonchev–Trinajstić information content (AvgIpc) is 2.46. The van der Waals surface area contributed by atoms with E-state index in [4.69, 9.17) is 18.6 Å². The Balaban J connectivity index is 0.000000312. The fourth-order valence-electron chi connectivity index (χ4n) is 2.36. The van der Waals surface area contributed by atoms with Crippen molar-refractivity contribution in [3.8, 4) is 0 Å². The van der Waals surface area contributed by atoms with E-state index >= 15 is 0 Å². The van der Waals surface area contributed by atoms with Gasteiger partial charge in [-0.15, -0.1) is 10.2 Å². The zero-order chi connectivity index (χ0) is 14.8. The molecule has 19 heavy (non-hydrogen) atoms. The van der Waals surface area contributed by atoms with Crippen molar-refractivity contribution >= 4 is 11.4 Å². The molecule has 1 heterocycles. The summed E-state index contributed by atoms with van der Waals surface area (Å²) in [6, 6.07) is 8.72. The molecule has 0 atom stereocenters. The van der Waals surface area contributed by atoms with Crippen molar-refractivity contribution in [2.45, 2.75) is 33.1 Å². The molecule has 6 heteroatoms. The summed E-state index contributed by atoms with van der Waals surface area (Å²) in [7, 11) is -4.94. The van der Waals surface area contributed by atoms with Gasteiger partial charge in [0.25, 0.3) is 0 Å². The molecule has 2 rings (SSSR count). The highest BCUT2D eigenvalue weighted by molar-refractivity contribution is 5.93. The first-order valence-corrected chi connectivity index (χ1v) is 7.15. The van der Waals surface area contributed by atoms with E-state index in [0.29, 0.717) is 0 Å². The number of nitrogens with zero attached hydrogens (tertiary/aromatic N) is 1. The van der Waals surface area contributed by atoms with Crippen molar-refractivity contribution in [1.82, 2.24) is 0 Å². The SMILES string of the molecule is CC[N+]1=C(C)C(C)(C)c2ccccc21.[O-][Cl+3]([O-])([O-])[O-]. The third-order valence-corrected chi connectivity index (χ3v) is 3.49. The highest BCUT2D eigenvalue weighted by atomic mass is 35.7. The van der Waals surface area contributed by atoms with Crippen molar-refractivity contribution in [3.63, 3.8) is 0 Å². The first-order valence-electron chi connectivity index (χ1n) is 5.92. The number of halogens is 1. The Morgan fingerprint density at radius 2 is 1.58 bits per heavy atom. The van der Waals surface area contributed by atoms with E-state index in [0.717, 1.165) is 6.54 Å². The van der Waals surface area contributed by atoms with Crippen LogP contribution in [-0.2, 0) is 5.41 Å². The topological polar surface area (TPSA) is 95.2 Å². The van der Waals surface area contributed by atoms with Crippen molar-refractivity contribution in [1.29, 1.82) is 0 Å². The lowest BCUT2D eigenvalue weighted by molar-refractivity contribution is -2.00. The van der Waals surface area contributed by atoms with Gasteiger partial charge in [-0.2, -0.15) is 4.58 Å². The van der Waals surface area contributed by atoms with E-state index in [-0.39, 0.29) is 5.41 Å². The maximum absolute atomic E-state index is 8.49. The molecule has 0 N–H and O–H groups in total. The quantitative estimate of drug-likeness (QED) is 0.578. The van der Waals surface area contributed by atoms with Gasteiger partial charge in [0.1, 0.15) is 6.54 Å². The minimum absolute atomic E-state index is 0.201. The molecule has 0 saturated carbocycles. The lowest BCUT2D eigenvalue weighted by Gasteiger charge is -2.17. The Hall–Kier alpha value is -0.980. The first-order chi connectivity index (χ1) is 8.59. The molecule has 0 fully saturated rings. The molecule has 1 aliphatic heterocycles. The maximum Gasteiger partial charge on any atom is 0.209 e. The van der Waals surface area contributed by atoms with E-state index < -0.39 is 10.2 Å². The molecule has 1 aromatic carbocycles. The summed E-state index contributed by atoms with van der Waals surface area (Å²) in [4.78, 5) is 0. The average molecular weight is 288 g/mol. The lowest BCUT2D eigenvalue weighted by atomic mass is 9.82. The van der Waals surface area contributed by atoms with E-state index in [1.807, 2.05) is 0 Å². The molecule has 0 amide bonds. The zero-order valence-corrected chi connectivity index (χ0v) is 12.2. The van der Waals surface area contributed by atoms with Gasteiger partial charge in [0, 0.05) is 18.6 Å². The van der Waals surface area contributed by atoms with Crippen LogP contribution >= 0.6 is 0 Å². The second kappa shape index (κ2) is 5.56. The minimum atomic E-state index is -4.94. The zero-order valence-electron chi connectivity index (χ0n) is 11.5. The van der Waals surface area contributed by atoms with Gasteiger partial charge < -0.3 is 0 Å². The van der Waals surface area contributed by atoms with Gasteiger partial charge in [0.2, 0.25) is 5.69 Å². The Morgan fingerprint density at radius 3 is 2.05 bits per heavy atom. The summed E-state index contributed by atoms with van der Waals surface area (Å²) in [5, 5.41) is 0. The van der Waals surface area contributed by atoms with E-state index in [9.17, 15) is 0 Å². The summed E-state index contributed by atoms with van der Waals surface area (Å²) < 4.78 is 36.4. The third-order valence-electron chi connectivity index (χ3n) is 3.49. The number of hydrogen-bond acceptors (Lipinski definition) is 4. The Labute approximate surface area is 115 Å². The monoisotopic (exact) mass is 287 g/mol. The van der Waals surface area contributed by atoms with Crippen molar-refractivity contribution < 1.29 is 33.5 Å². The summed E-state index contributed by atoms with van der Waals surface area (Å²) in [5.74, 6) is 0. The van der Waals surface area contributed by atoms with Gasteiger partial charge in [-0.05, 0) is 20.8 Å². The first kappa shape index (κ1) is 16.1. The normalized spacial score (nSPS) is 16.8. The van der Waals surface area contributed by atoms with Crippen LogP contribution in [0.2, 0.25) is 0 Å². The van der Waals surface area contributed by atoms with Crippen LogP contribution in [0.1, 0.15) is 33.3 Å². The fraction of sp³-hybridized carbons (Fsp3) is 0.462. The molecular formula is C13H18ClNO4. The molecule has 1 aromatic rings. The molecule has 0 radical (unpaired) electrons. The van der Waals surface area contributed by atoms with Crippen LogP contribution < -0.4 is 18.6 Å². The van der Waals surface area contributed by atoms with Crippen LogP contribution in [0.25, 0.3) is 0 Å². The Bertz CT molecular complexity index is 486. The van der Waals surface area contributed by atoms with Gasteiger partial charge in [0.15, 0.2) is 5.71 Å². The van der Waals surface area contributed by atoms with Gasteiger partial charge in [0.05, 0.1) is 5.41 Å². The summed E-state index contributed by atoms with van der Waals surface area (Å²) in [5.41, 5.74) is 4.50. The smallest absolute Gasteiger partial charge is 0.209 e. The number of fused-ring (bicyclic) bond motifs is 1. The van der Waals surface area contributed by atoms with Crippen LogP contribution in [0.3, 0.4) is 0 Å². The number of hydrogen-bond donors (Lipinski definition) is 0. The standard InChI is InChI=1S/C13H18N.ClHO4/c1-5-14-10(2)13(3,4)11-8-6-7-9-12(11)14;2-1(3,4)5/h6-9H,5H2,1-4H3;(H,2,3,4,5)/q+1;/p-1. The second-order valence-electron chi connectivity index (χ2n) is 4.85. The second-order valence-corrected chi connectivity index (χ2v) is 5.61. The van der Waals surface area contributed by atoms with Gasteiger partial charge >= 0.3 is 0 Å². The van der Waals surface area contributed by atoms with Crippen LogP contribution in [-0.4, -0.2) is 16.8 Å². The molecule has 1 aliphatic rings. The van der Waals surface area contributed by atoms with E-state index in [1.54, 1.807) is 0 Å². The predicted octanol–water partition coefficient (Wildman–Crippen LogP) is -1.65. The molecular weight excluding hydrogens is 270 g/mol. The number of benzene rings is 1. The molecule has 0 bridgehead atoms. The van der Waals surface area contributed by atoms with Crippen LogP contribution in [0.15, 0.2) is 24.3 Å². The predicted molar refractivity (Wildman–Crippen MR) is 60.6 cm³/mol. The molecule has 106 valence electrons. The van der Waals surface area contributed by atoms with E-state index in [1.165, 1.54) is 17.0 Å². The minimum Gasteiger partial charge on any atom is -0.222 e. The number of para-hydroxylation sites is 1. The summed E-state index contributed by atoms with van der Waals surface area (Å²) in [6.07, 6.45) is 0. The molecule has 0 aliphatic carbocycles. The Morgan fingerprint density at radius 1 is 1.11 bits per heavy atom. The molecule has 0 unspecified atom stereocenters. The molecule has 5 nitrogen and oxygen atoms in total. The Kier molecular flexibility index (Phi) is 4.71. The van der Waals surface area contributed by atoms with Crippen LogP contribution in [0.5, 0.6) is 0 Å². The fourth-order valence-corrected chi connectivity index (χ4v) is 2.36. The molecule has 0 aromatic heterocycles. The third kappa shape index (κ3) is 3.75. The van der Waals surface area contributed by atoms with Crippen molar-refractivity contribution in [3.05, 3.63) is 29.8 Å². The summed E-state index contributed by atoms with van der Waals surface area (Å²) >= 11 is 0. The lowest BCUT2D eigenvalue weighted by Crippen LogP contribution is -2.68. The van der Waals surface area contributed by atoms with Crippen LogP contribution in [0, 0.1) is 10.2 Å². The van der Waals surface area contributed by atoms with Crippen LogP contribution in [0.4, 0.5) is 5.69 Å². The molecule has 0 saturated heterocycles. The largest absolute Gasteiger partial charge is 0.222 e. The van der Waals surface area contributed by atoms with E-state index in [2.05, 4.69) is 56.5 Å². The molecule has 0 spiro atoms. The van der Waals surface area contributed by atoms with Crippen molar-refractivity contribution in [2.24, 2.45) is 0 Å². The highest BCUT2D eigenvalue weighted by Gasteiger charge is 2.41. The van der Waals surface area contributed by atoms with Gasteiger partial charge in [-0.3, -0.25) is 0 Å². The maximum atomic E-state index is 8.49. The highest BCUT2D eigenvalue weighted by Crippen LogP contribution is 2.38.